The average Bonchev–Trinajstić information content (AvgIpc) is 3.21. The average molecular weight is 443 g/mol. The molecule has 0 saturated carbocycles. The van der Waals surface area contributed by atoms with E-state index in [1.807, 2.05) is 41.3 Å². The molecule has 3 aliphatic heterocycles. The molecule has 5 nitrogen and oxygen atoms in total. The monoisotopic (exact) mass is 442 g/mol. The van der Waals surface area contributed by atoms with Gasteiger partial charge in [-0.15, -0.1) is 11.8 Å². The fourth-order valence-electron chi connectivity index (χ4n) is 4.88. The number of halogens is 1. The zero-order valence-electron chi connectivity index (χ0n) is 16.9. The fourth-order valence-corrected chi connectivity index (χ4v) is 6.42. The smallest absolute Gasteiger partial charge is 0.273 e. The Labute approximate surface area is 186 Å². The number of piperidine rings is 1. The van der Waals surface area contributed by atoms with E-state index in [4.69, 9.17) is 11.6 Å². The van der Waals surface area contributed by atoms with Gasteiger partial charge >= 0.3 is 0 Å². The van der Waals surface area contributed by atoms with Crippen LogP contribution in [0.25, 0.3) is 0 Å². The Morgan fingerprint density at radius 1 is 1.13 bits per heavy atom. The van der Waals surface area contributed by atoms with Crippen LogP contribution in [0.15, 0.2) is 48.5 Å². The van der Waals surface area contributed by atoms with Crippen LogP contribution in [0, 0.1) is 5.92 Å². The molecule has 2 aromatic rings. The van der Waals surface area contributed by atoms with Crippen molar-refractivity contribution in [2.75, 3.05) is 35.3 Å². The zero-order valence-corrected chi connectivity index (χ0v) is 18.5. The number of likely N-dealkylation sites (tertiary alicyclic amines) is 1. The van der Waals surface area contributed by atoms with Crippen molar-refractivity contribution in [1.29, 1.82) is 0 Å². The summed E-state index contributed by atoms with van der Waals surface area (Å²) in [5.74, 6) is 0.939. The third-order valence-corrected chi connectivity index (χ3v) is 8.11. The number of fused-ring (bicyclic) bond motifs is 2. The molecule has 0 aromatic heterocycles. The van der Waals surface area contributed by atoms with Gasteiger partial charge in [-0.3, -0.25) is 19.4 Å². The lowest BCUT2D eigenvalue weighted by molar-refractivity contribution is -0.904. The molecule has 3 heterocycles. The minimum Gasteiger partial charge on any atom is -0.317 e. The second-order valence-corrected chi connectivity index (χ2v) is 10.1. The quantitative estimate of drug-likeness (QED) is 0.795. The Kier molecular flexibility index (Phi) is 5.04. The number of carbonyl (C=O) groups is 2. The van der Waals surface area contributed by atoms with Crippen molar-refractivity contribution in [3.8, 4) is 0 Å². The van der Waals surface area contributed by atoms with Crippen molar-refractivity contribution in [3.63, 3.8) is 0 Å². The summed E-state index contributed by atoms with van der Waals surface area (Å²) in [5.41, 5.74) is 2.49. The van der Waals surface area contributed by atoms with Gasteiger partial charge in [0.05, 0.1) is 24.5 Å². The molecular weight excluding hydrogens is 418 g/mol. The number of amides is 2. The largest absolute Gasteiger partial charge is 0.317 e. The van der Waals surface area contributed by atoms with Gasteiger partial charge in [0.2, 0.25) is 10.8 Å². The van der Waals surface area contributed by atoms with E-state index in [0.29, 0.717) is 17.4 Å². The second kappa shape index (κ2) is 7.59. The molecule has 0 bridgehead atoms. The predicted octanol–water partition coefficient (Wildman–Crippen LogP) is 2.89. The van der Waals surface area contributed by atoms with Crippen LogP contribution in [0.4, 0.5) is 11.4 Å². The third kappa shape index (κ3) is 3.04. The Bertz CT molecular complexity index is 1010. The lowest BCUT2D eigenvalue weighted by Crippen LogP contribution is -3.14. The zero-order chi connectivity index (χ0) is 20.9. The summed E-state index contributed by atoms with van der Waals surface area (Å²) < 4.78 is 0. The molecule has 30 heavy (non-hydrogen) atoms. The molecule has 1 N–H and O–H groups in total. The first-order valence-electron chi connectivity index (χ1n) is 10.5. The van der Waals surface area contributed by atoms with E-state index >= 15 is 0 Å². The number of hydrogen-bond donors (Lipinski definition) is 1. The van der Waals surface area contributed by atoms with Crippen LogP contribution in [-0.2, 0) is 14.5 Å². The Morgan fingerprint density at radius 3 is 2.67 bits per heavy atom. The molecule has 5 rings (SSSR count). The van der Waals surface area contributed by atoms with Crippen molar-refractivity contribution >= 4 is 46.6 Å². The minimum atomic E-state index is -1.05. The summed E-state index contributed by atoms with van der Waals surface area (Å²) in [4.78, 5) is 31.0. The van der Waals surface area contributed by atoms with E-state index in [0.717, 1.165) is 30.3 Å². The Balaban J connectivity index is 1.56. The maximum Gasteiger partial charge on any atom is 0.273 e. The predicted molar refractivity (Wildman–Crippen MR) is 121 cm³/mol. The van der Waals surface area contributed by atoms with Crippen LogP contribution < -0.4 is 14.7 Å². The van der Waals surface area contributed by atoms with Crippen LogP contribution in [-0.4, -0.2) is 37.3 Å². The van der Waals surface area contributed by atoms with Crippen molar-refractivity contribution < 1.29 is 14.5 Å². The van der Waals surface area contributed by atoms with Gasteiger partial charge in [0.25, 0.3) is 5.91 Å². The molecule has 1 spiro atoms. The summed E-state index contributed by atoms with van der Waals surface area (Å²) >= 11 is 7.65. The summed E-state index contributed by atoms with van der Waals surface area (Å²) in [5, 5.41) is 0.551. The van der Waals surface area contributed by atoms with Crippen LogP contribution in [0.1, 0.15) is 25.3 Å². The van der Waals surface area contributed by atoms with E-state index in [-0.39, 0.29) is 17.6 Å². The van der Waals surface area contributed by atoms with Gasteiger partial charge in [-0.2, -0.15) is 0 Å². The number of quaternary nitrogens is 1. The highest BCUT2D eigenvalue weighted by Crippen LogP contribution is 2.55. The van der Waals surface area contributed by atoms with E-state index < -0.39 is 4.87 Å². The molecule has 0 radical (unpaired) electrons. The number of para-hydroxylation sites is 1. The maximum atomic E-state index is 14.0. The molecular formula is C23H25ClN3O2S+. The third-order valence-electron chi connectivity index (χ3n) is 6.49. The van der Waals surface area contributed by atoms with Gasteiger partial charge in [0, 0.05) is 16.3 Å². The number of anilines is 2. The molecule has 2 amide bonds. The van der Waals surface area contributed by atoms with E-state index in [1.54, 1.807) is 17.0 Å². The highest BCUT2D eigenvalue weighted by atomic mass is 35.5. The topological polar surface area (TPSA) is 45.1 Å². The molecule has 2 aromatic carbocycles. The molecule has 2 saturated heterocycles. The van der Waals surface area contributed by atoms with E-state index in [1.165, 1.54) is 29.5 Å². The molecule has 2 fully saturated rings. The van der Waals surface area contributed by atoms with Crippen molar-refractivity contribution in [2.24, 2.45) is 5.92 Å². The van der Waals surface area contributed by atoms with Gasteiger partial charge in [-0.1, -0.05) is 42.8 Å². The van der Waals surface area contributed by atoms with Crippen LogP contribution in [0.2, 0.25) is 5.02 Å². The first-order valence-corrected chi connectivity index (χ1v) is 11.8. The molecule has 156 valence electrons. The first kappa shape index (κ1) is 19.9. The second-order valence-electron chi connectivity index (χ2n) is 8.48. The molecule has 1 unspecified atom stereocenters. The lowest BCUT2D eigenvalue weighted by Gasteiger charge is -2.34. The van der Waals surface area contributed by atoms with Crippen molar-refractivity contribution in [3.05, 3.63) is 59.1 Å². The highest BCUT2D eigenvalue weighted by molar-refractivity contribution is 8.02. The van der Waals surface area contributed by atoms with Gasteiger partial charge in [0.15, 0.2) is 6.67 Å². The summed E-state index contributed by atoms with van der Waals surface area (Å²) in [6.07, 6.45) is 2.37. The Morgan fingerprint density at radius 2 is 1.90 bits per heavy atom. The first-order chi connectivity index (χ1) is 14.5. The highest BCUT2D eigenvalue weighted by Gasteiger charge is 2.61. The van der Waals surface area contributed by atoms with Crippen LogP contribution in [0.3, 0.4) is 0 Å². The maximum absolute atomic E-state index is 14.0. The standard InChI is InChI=1S/C23H24ClN3O2S/c1-16-9-11-25(12-10-16)15-26-20-8-3-2-7-19(20)23(22(26)29)27(21(28)14-30-23)18-6-4-5-17(24)13-18/h2-8,13,16H,9-12,14-15H2,1H3/p+1. The summed E-state index contributed by atoms with van der Waals surface area (Å²) in [7, 11) is 0. The summed E-state index contributed by atoms with van der Waals surface area (Å²) in [6.45, 7) is 5.09. The SMILES string of the molecule is CC1CC[NH+](CN2C(=O)C3(SCC(=O)N3c3cccc(Cl)c3)c3ccccc32)CC1. The van der Waals surface area contributed by atoms with Crippen molar-refractivity contribution in [2.45, 2.75) is 24.6 Å². The number of carbonyl (C=O) groups excluding carboxylic acids is 2. The van der Waals surface area contributed by atoms with Crippen molar-refractivity contribution in [1.82, 2.24) is 0 Å². The van der Waals surface area contributed by atoms with E-state index in [9.17, 15) is 9.59 Å². The molecule has 3 aliphatic rings. The minimum absolute atomic E-state index is 0.0225. The number of nitrogens with zero attached hydrogens (tertiary/aromatic N) is 2. The molecule has 7 heteroatoms. The normalized spacial score (nSPS) is 28.5. The summed E-state index contributed by atoms with van der Waals surface area (Å²) in [6, 6.07) is 15.1. The number of hydrogen-bond acceptors (Lipinski definition) is 3. The van der Waals surface area contributed by atoms with Gasteiger partial charge in [-0.25, -0.2) is 0 Å². The van der Waals surface area contributed by atoms with E-state index in [2.05, 4.69) is 6.92 Å². The fraction of sp³-hybridized carbons (Fsp3) is 0.391. The van der Waals surface area contributed by atoms with Gasteiger partial charge in [0.1, 0.15) is 0 Å². The number of thioether (sulfide) groups is 1. The van der Waals surface area contributed by atoms with Gasteiger partial charge in [-0.05, 0) is 43.0 Å². The number of nitrogens with one attached hydrogen (secondary N) is 1. The Hall–Kier alpha value is -2.02. The molecule has 1 atom stereocenters. The van der Waals surface area contributed by atoms with Gasteiger partial charge < -0.3 is 4.90 Å². The number of benzene rings is 2. The van der Waals surface area contributed by atoms with Crippen LogP contribution in [0.5, 0.6) is 0 Å². The van der Waals surface area contributed by atoms with Crippen LogP contribution >= 0.6 is 23.4 Å². The molecule has 0 aliphatic carbocycles. The number of rotatable bonds is 3. The lowest BCUT2D eigenvalue weighted by atomic mass is 10.00.